The summed E-state index contributed by atoms with van der Waals surface area (Å²) in [6.07, 6.45) is 6.48. The zero-order chi connectivity index (χ0) is 15.4. The van der Waals surface area contributed by atoms with Gasteiger partial charge < -0.3 is 14.6 Å². The van der Waals surface area contributed by atoms with E-state index in [0.717, 1.165) is 19.3 Å². The van der Waals surface area contributed by atoms with E-state index in [2.05, 4.69) is 12.1 Å². The van der Waals surface area contributed by atoms with Crippen LogP contribution in [0.25, 0.3) is 0 Å². The number of hydrogen-bond donors (Lipinski definition) is 1. The van der Waals surface area contributed by atoms with Crippen molar-refractivity contribution >= 4 is 5.97 Å². The molecule has 0 spiro atoms. The normalized spacial score (nSPS) is 30.2. The standard InChI is InChI=1S/C18H22O4/c19-18(20)8-4-7-14-15(17-10-9-16(14)22-17)12-21-11-13-5-2-1-3-6-13/h1-6,8,14-17H,7,9-12H2,(H,19,20)/t14-,15+,16-,17+/m0/s1. The SMILES string of the molecule is O=C(O)C=CC[C@H]1[C@@H](COCc2ccccc2)[C@H]2CC[C@@H]1O2. The van der Waals surface area contributed by atoms with Gasteiger partial charge in [-0.3, -0.25) is 0 Å². The Kier molecular flexibility index (Phi) is 4.90. The van der Waals surface area contributed by atoms with Crippen LogP contribution >= 0.6 is 0 Å². The molecule has 2 bridgehead atoms. The summed E-state index contributed by atoms with van der Waals surface area (Å²) < 4.78 is 11.9. The maximum Gasteiger partial charge on any atom is 0.327 e. The number of rotatable bonds is 7. The van der Waals surface area contributed by atoms with Gasteiger partial charge in [0.25, 0.3) is 0 Å². The van der Waals surface area contributed by atoms with Crippen LogP contribution in [0.15, 0.2) is 42.5 Å². The number of allylic oxidation sites excluding steroid dienone is 1. The molecule has 2 aliphatic heterocycles. The number of carboxylic acids is 1. The van der Waals surface area contributed by atoms with Crippen LogP contribution in [0.1, 0.15) is 24.8 Å². The van der Waals surface area contributed by atoms with Gasteiger partial charge in [0.2, 0.25) is 0 Å². The van der Waals surface area contributed by atoms with Crippen molar-refractivity contribution in [1.82, 2.24) is 0 Å². The average Bonchev–Trinajstić information content (AvgIpc) is 3.10. The fraction of sp³-hybridized carbons (Fsp3) is 0.500. The van der Waals surface area contributed by atoms with Gasteiger partial charge in [-0.1, -0.05) is 36.4 Å². The second kappa shape index (κ2) is 7.07. The lowest BCUT2D eigenvalue weighted by Gasteiger charge is -2.27. The summed E-state index contributed by atoms with van der Waals surface area (Å²) in [5.74, 6) is -0.132. The second-order valence-corrected chi connectivity index (χ2v) is 6.10. The molecule has 2 saturated heterocycles. The van der Waals surface area contributed by atoms with Crippen molar-refractivity contribution in [2.24, 2.45) is 11.8 Å². The summed E-state index contributed by atoms with van der Waals surface area (Å²) in [5.41, 5.74) is 1.17. The first-order valence-electron chi connectivity index (χ1n) is 7.90. The summed E-state index contributed by atoms with van der Waals surface area (Å²) in [5, 5.41) is 8.71. The number of fused-ring (bicyclic) bond motifs is 2. The quantitative estimate of drug-likeness (QED) is 0.787. The topological polar surface area (TPSA) is 55.8 Å². The van der Waals surface area contributed by atoms with E-state index in [1.165, 1.54) is 11.6 Å². The molecule has 2 heterocycles. The van der Waals surface area contributed by atoms with E-state index in [4.69, 9.17) is 14.6 Å². The minimum Gasteiger partial charge on any atom is -0.478 e. The molecular formula is C18H22O4. The molecule has 1 aromatic carbocycles. The van der Waals surface area contributed by atoms with E-state index in [9.17, 15) is 4.79 Å². The number of carboxylic acid groups (broad SMARTS) is 1. The number of hydrogen-bond acceptors (Lipinski definition) is 3. The molecule has 0 saturated carbocycles. The Bertz CT molecular complexity index is 525. The van der Waals surface area contributed by atoms with Crippen LogP contribution in [0, 0.1) is 11.8 Å². The third kappa shape index (κ3) is 3.57. The first kappa shape index (κ1) is 15.3. The molecule has 2 fully saturated rings. The predicted octanol–water partition coefficient (Wildman–Crippen LogP) is 3.03. The molecule has 0 aromatic heterocycles. The summed E-state index contributed by atoms with van der Waals surface area (Å²) in [6, 6.07) is 10.1. The largest absolute Gasteiger partial charge is 0.478 e. The molecule has 2 aliphatic rings. The third-order valence-corrected chi connectivity index (χ3v) is 4.68. The van der Waals surface area contributed by atoms with E-state index in [-0.39, 0.29) is 12.2 Å². The predicted molar refractivity (Wildman–Crippen MR) is 82.4 cm³/mol. The Morgan fingerprint density at radius 2 is 1.95 bits per heavy atom. The maximum atomic E-state index is 10.6. The van der Waals surface area contributed by atoms with Crippen LogP contribution in [-0.2, 0) is 20.9 Å². The lowest BCUT2D eigenvalue weighted by molar-refractivity contribution is -0.131. The van der Waals surface area contributed by atoms with Crippen molar-refractivity contribution in [2.45, 2.75) is 38.1 Å². The molecule has 118 valence electrons. The molecule has 4 atom stereocenters. The third-order valence-electron chi connectivity index (χ3n) is 4.68. The second-order valence-electron chi connectivity index (χ2n) is 6.10. The highest BCUT2D eigenvalue weighted by molar-refractivity contribution is 5.79. The molecule has 1 N–H and O–H groups in total. The Morgan fingerprint density at radius 1 is 1.23 bits per heavy atom. The van der Waals surface area contributed by atoms with Gasteiger partial charge in [0, 0.05) is 12.0 Å². The summed E-state index contributed by atoms with van der Waals surface area (Å²) in [6.45, 7) is 1.30. The van der Waals surface area contributed by atoms with Gasteiger partial charge in [-0.15, -0.1) is 0 Å². The molecule has 0 unspecified atom stereocenters. The van der Waals surface area contributed by atoms with Crippen LogP contribution in [0.5, 0.6) is 0 Å². The molecule has 3 rings (SSSR count). The monoisotopic (exact) mass is 302 g/mol. The fourth-order valence-corrected chi connectivity index (χ4v) is 3.64. The van der Waals surface area contributed by atoms with Crippen molar-refractivity contribution in [2.75, 3.05) is 6.61 Å². The molecule has 0 aliphatic carbocycles. The summed E-state index contributed by atoms with van der Waals surface area (Å²) in [4.78, 5) is 10.6. The molecule has 4 nitrogen and oxygen atoms in total. The molecule has 4 heteroatoms. The minimum atomic E-state index is -0.888. The van der Waals surface area contributed by atoms with Crippen LogP contribution in [-0.4, -0.2) is 29.9 Å². The minimum absolute atomic E-state index is 0.272. The van der Waals surface area contributed by atoms with Gasteiger partial charge in [-0.05, 0) is 30.7 Å². The van der Waals surface area contributed by atoms with Gasteiger partial charge in [0.15, 0.2) is 0 Å². The van der Waals surface area contributed by atoms with Gasteiger partial charge in [0.05, 0.1) is 25.4 Å². The first-order chi connectivity index (χ1) is 10.7. The Morgan fingerprint density at radius 3 is 2.68 bits per heavy atom. The first-order valence-corrected chi connectivity index (χ1v) is 7.90. The van der Waals surface area contributed by atoms with Crippen LogP contribution in [0.2, 0.25) is 0 Å². The number of benzene rings is 1. The Hall–Kier alpha value is -1.65. The van der Waals surface area contributed by atoms with Crippen LogP contribution < -0.4 is 0 Å². The highest BCUT2D eigenvalue weighted by atomic mass is 16.5. The molecule has 0 radical (unpaired) electrons. The van der Waals surface area contributed by atoms with Gasteiger partial charge >= 0.3 is 5.97 Å². The van der Waals surface area contributed by atoms with Crippen molar-refractivity contribution < 1.29 is 19.4 Å². The average molecular weight is 302 g/mol. The number of aliphatic carboxylic acids is 1. The Labute approximate surface area is 130 Å². The van der Waals surface area contributed by atoms with Crippen molar-refractivity contribution in [3.8, 4) is 0 Å². The number of ether oxygens (including phenoxy) is 2. The zero-order valence-electron chi connectivity index (χ0n) is 12.6. The fourth-order valence-electron chi connectivity index (χ4n) is 3.64. The van der Waals surface area contributed by atoms with Crippen LogP contribution in [0.3, 0.4) is 0 Å². The van der Waals surface area contributed by atoms with Gasteiger partial charge in [-0.2, -0.15) is 0 Å². The van der Waals surface area contributed by atoms with Gasteiger partial charge in [0.1, 0.15) is 0 Å². The highest BCUT2D eigenvalue weighted by Gasteiger charge is 2.48. The summed E-state index contributed by atoms with van der Waals surface area (Å²) >= 11 is 0. The van der Waals surface area contributed by atoms with E-state index < -0.39 is 5.97 Å². The highest BCUT2D eigenvalue weighted by Crippen LogP contribution is 2.45. The molecular weight excluding hydrogens is 280 g/mol. The van der Waals surface area contributed by atoms with E-state index >= 15 is 0 Å². The maximum absolute atomic E-state index is 10.6. The summed E-state index contributed by atoms with van der Waals surface area (Å²) in [7, 11) is 0. The van der Waals surface area contributed by atoms with Crippen LogP contribution in [0.4, 0.5) is 0 Å². The number of carbonyl (C=O) groups is 1. The van der Waals surface area contributed by atoms with E-state index in [0.29, 0.717) is 25.0 Å². The smallest absolute Gasteiger partial charge is 0.327 e. The lowest BCUT2D eigenvalue weighted by atomic mass is 9.78. The molecule has 22 heavy (non-hydrogen) atoms. The zero-order valence-corrected chi connectivity index (χ0v) is 12.6. The van der Waals surface area contributed by atoms with Crippen molar-refractivity contribution in [1.29, 1.82) is 0 Å². The molecule has 0 amide bonds. The lowest BCUT2D eigenvalue weighted by Crippen LogP contribution is -2.30. The van der Waals surface area contributed by atoms with Crippen molar-refractivity contribution in [3.05, 3.63) is 48.0 Å². The van der Waals surface area contributed by atoms with E-state index in [1.807, 2.05) is 18.2 Å². The Balaban J connectivity index is 1.53. The van der Waals surface area contributed by atoms with Gasteiger partial charge in [-0.25, -0.2) is 4.79 Å². The van der Waals surface area contributed by atoms with Crippen molar-refractivity contribution in [3.63, 3.8) is 0 Å². The molecule has 1 aromatic rings. The van der Waals surface area contributed by atoms with E-state index in [1.54, 1.807) is 6.08 Å².